The first-order valence-electron chi connectivity index (χ1n) is 8.94. The van der Waals surface area contributed by atoms with Crippen LogP contribution in [0.3, 0.4) is 0 Å². The van der Waals surface area contributed by atoms with E-state index in [4.69, 9.17) is 18.4 Å². The Hall–Kier alpha value is -2.79. The zero-order valence-electron chi connectivity index (χ0n) is 15.9. The lowest BCUT2D eigenvalue weighted by atomic mass is 10.0. The molecule has 4 atom stereocenters. The molecule has 0 amide bonds. The van der Waals surface area contributed by atoms with Crippen LogP contribution in [0.1, 0.15) is 20.7 Å². The minimum Gasteiger partial charge on any atom is -0.452 e. The predicted octanol–water partition coefficient (Wildman–Crippen LogP) is 1.13. The fourth-order valence-electron chi connectivity index (χ4n) is 2.86. The third-order valence-electron chi connectivity index (χ3n) is 4.21. The summed E-state index contributed by atoms with van der Waals surface area (Å²) in [5.74, 6) is -1.62. The lowest BCUT2D eigenvalue weighted by Crippen LogP contribution is -2.57. The van der Waals surface area contributed by atoms with Gasteiger partial charge in [0.15, 0.2) is 18.5 Å². The van der Waals surface area contributed by atoms with Crippen LogP contribution in [-0.2, 0) is 28.5 Å². The van der Waals surface area contributed by atoms with Crippen molar-refractivity contribution in [2.45, 2.75) is 24.6 Å². The van der Waals surface area contributed by atoms with Gasteiger partial charge < -0.3 is 19.3 Å². The molecule has 160 valence electrons. The van der Waals surface area contributed by atoms with Gasteiger partial charge in [0.05, 0.1) is 24.0 Å². The van der Waals surface area contributed by atoms with E-state index in [1.807, 2.05) is 0 Å². The minimum absolute atomic E-state index is 0.184. The summed E-state index contributed by atoms with van der Waals surface area (Å²) >= 11 is 0. The number of ether oxygens (including phenoxy) is 3. The van der Waals surface area contributed by atoms with Crippen molar-refractivity contribution in [2.24, 2.45) is 0 Å². The zero-order valence-corrected chi connectivity index (χ0v) is 16.7. The second-order valence-corrected chi connectivity index (χ2v) is 8.14. The van der Waals surface area contributed by atoms with E-state index in [-0.39, 0.29) is 11.1 Å². The lowest BCUT2D eigenvalue weighted by Gasteiger charge is -2.38. The Morgan fingerprint density at radius 1 is 0.900 bits per heavy atom. The van der Waals surface area contributed by atoms with Crippen molar-refractivity contribution in [1.29, 1.82) is 0 Å². The lowest BCUT2D eigenvalue weighted by molar-refractivity contribution is -0.246. The molecule has 1 aliphatic heterocycles. The molecular formula is C20H20O9S. The fraction of sp³-hybridized carbons (Fsp3) is 0.300. The molecule has 0 unspecified atom stereocenters. The maximum absolute atomic E-state index is 12.5. The van der Waals surface area contributed by atoms with Gasteiger partial charge in [0.25, 0.3) is 10.1 Å². The van der Waals surface area contributed by atoms with Gasteiger partial charge in [-0.1, -0.05) is 36.4 Å². The molecule has 0 aromatic heterocycles. The summed E-state index contributed by atoms with van der Waals surface area (Å²) in [5.41, 5.74) is 0.369. The number of aliphatic hydroxyl groups is 1. The summed E-state index contributed by atoms with van der Waals surface area (Å²) in [5, 5.41) is 10.2. The first-order valence-corrected chi connectivity index (χ1v) is 10.8. The third kappa shape index (κ3) is 5.63. The smallest absolute Gasteiger partial charge is 0.338 e. The molecule has 2 aromatic carbocycles. The first kappa shape index (κ1) is 21.9. The van der Waals surface area contributed by atoms with Crippen LogP contribution in [0.5, 0.6) is 0 Å². The van der Waals surface area contributed by atoms with E-state index in [1.165, 1.54) is 24.3 Å². The molecule has 0 bridgehead atoms. The van der Waals surface area contributed by atoms with Gasteiger partial charge in [-0.15, -0.1) is 0 Å². The second-order valence-electron chi connectivity index (χ2n) is 6.53. The van der Waals surface area contributed by atoms with E-state index in [0.717, 1.165) is 6.26 Å². The summed E-state index contributed by atoms with van der Waals surface area (Å²) in [4.78, 5) is 25.0. The summed E-state index contributed by atoms with van der Waals surface area (Å²) < 4.78 is 44.1. The highest BCUT2D eigenvalue weighted by Crippen LogP contribution is 2.25. The molecule has 0 aliphatic carbocycles. The normalized spacial score (nSPS) is 24.1. The number of hydrogen-bond acceptors (Lipinski definition) is 9. The number of rotatable bonds is 6. The molecule has 1 aliphatic rings. The molecule has 0 spiro atoms. The van der Waals surface area contributed by atoms with Crippen molar-refractivity contribution < 1.29 is 41.5 Å². The number of esters is 2. The van der Waals surface area contributed by atoms with Crippen molar-refractivity contribution in [2.75, 3.05) is 12.9 Å². The van der Waals surface area contributed by atoms with Crippen molar-refractivity contribution in [3.63, 3.8) is 0 Å². The first-order chi connectivity index (χ1) is 14.2. The van der Waals surface area contributed by atoms with Gasteiger partial charge in [0, 0.05) is 0 Å². The number of benzene rings is 2. The highest BCUT2D eigenvalue weighted by molar-refractivity contribution is 7.86. The van der Waals surface area contributed by atoms with Crippen LogP contribution in [-0.4, -0.2) is 62.9 Å². The molecule has 2 aromatic rings. The summed E-state index contributed by atoms with van der Waals surface area (Å²) in [7, 11) is -3.97. The Bertz CT molecular complexity index is 976. The van der Waals surface area contributed by atoms with E-state index >= 15 is 0 Å². The van der Waals surface area contributed by atoms with E-state index in [1.54, 1.807) is 36.4 Å². The molecule has 1 fully saturated rings. The average Bonchev–Trinajstić information content (AvgIpc) is 2.72. The van der Waals surface area contributed by atoms with Crippen molar-refractivity contribution in [3.05, 3.63) is 71.8 Å². The van der Waals surface area contributed by atoms with E-state index in [9.17, 15) is 23.1 Å². The maximum atomic E-state index is 12.5. The fourth-order valence-corrected chi connectivity index (χ4v) is 3.48. The third-order valence-corrected chi connectivity index (χ3v) is 4.80. The molecule has 0 saturated carbocycles. The SMILES string of the molecule is CS(=O)(=O)O[C@H]1CO[C@H](O)[C@H](OC(=O)c2ccccc2)[C@H]1OC(=O)c1ccccc1. The highest BCUT2D eigenvalue weighted by atomic mass is 32.2. The summed E-state index contributed by atoms with van der Waals surface area (Å²) in [6, 6.07) is 15.9. The Morgan fingerprint density at radius 3 is 1.83 bits per heavy atom. The number of carbonyl (C=O) groups excluding carboxylic acids is 2. The molecule has 9 nitrogen and oxygen atoms in total. The molecule has 30 heavy (non-hydrogen) atoms. The number of aliphatic hydroxyl groups excluding tert-OH is 1. The standard InChI is InChI=1S/C20H20O9S/c1-30(24,25)29-15-12-26-20(23)17(28-19(22)14-10-6-3-7-11-14)16(15)27-18(21)13-8-4-2-5-9-13/h2-11,15-17,20,23H,12H2,1H3/t15-,16-,17+,20-/m0/s1. The van der Waals surface area contributed by atoms with Crippen LogP contribution in [0.4, 0.5) is 0 Å². The topological polar surface area (TPSA) is 125 Å². The minimum atomic E-state index is -3.97. The predicted molar refractivity (Wildman–Crippen MR) is 103 cm³/mol. The van der Waals surface area contributed by atoms with Gasteiger partial charge in [-0.2, -0.15) is 8.42 Å². The highest BCUT2D eigenvalue weighted by Gasteiger charge is 2.47. The van der Waals surface area contributed by atoms with Gasteiger partial charge in [-0.05, 0) is 24.3 Å². The van der Waals surface area contributed by atoms with Gasteiger partial charge in [0.1, 0.15) is 6.10 Å². The van der Waals surface area contributed by atoms with E-state index in [2.05, 4.69) is 0 Å². The molecule has 1 heterocycles. The van der Waals surface area contributed by atoms with Crippen LogP contribution >= 0.6 is 0 Å². The summed E-state index contributed by atoms with van der Waals surface area (Å²) in [6.07, 6.45) is -5.14. The van der Waals surface area contributed by atoms with Crippen molar-refractivity contribution in [1.82, 2.24) is 0 Å². The molecule has 0 radical (unpaired) electrons. The zero-order chi connectivity index (χ0) is 21.7. The number of carbonyl (C=O) groups is 2. The Balaban J connectivity index is 1.87. The van der Waals surface area contributed by atoms with Gasteiger partial charge in [0.2, 0.25) is 0 Å². The average molecular weight is 436 g/mol. The van der Waals surface area contributed by atoms with Gasteiger partial charge in [-0.25, -0.2) is 9.59 Å². The van der Waals surface area contributed by atoms with Crippen LogP contribution in [0.15, 0.2) is 60.7 Å². The van der Waals surface area contributed by atoms with Crippen molar-refractivity contribution in [3.8, 4) is 0 Å². The Morgan fingerprint density at radius 2 is 1.37 bits per heavy atom. The maximum Gasteiger partial charge on any atom is 0.338 e. The van der Waals surface area contributed by atoms with E-state index < -0.39 is 53.3 Å². The molecule has 1 saturated heterocycles. The second kappa shape index (κ2) is 9.35. The Kier molecular flexibility index (Phi) is 6.83. The van der Waals surface area contributed by atoms with Crippen molar-refractivity contribution >= 4 is 22.1 Å². The molecular weight excluding hydrogens is 416 g/mol. The van der Waals surface area contributed by atoms with Crippen LogP contribution in [0.25, 0.3) is 0 Å². The van der Waals surface area contributed by atoms with Gasteiger partial charge >= 0.3 is 11.9 Å². The molecule has 1 N–H and O–H groups in total. The monoisotopic (exact) mass is 436 g/mol. The van der Waals surface area contributed by atoms with Crippen LogP contribution in [0, 0.1) is 0 Å². The van der Waals surface area contributed by atoms with Crippen LogP contribution < -0.4 is 0 Å². The number of hydrogen-bond donors (Lipinski definition) is 1. The van der Waals surface area contributed by atoms with Gasteiger partial charge in [-0.3, -0.25) is 4.18 Å². The largest absolute Gasteiger partial charge is 0.452 e. The Labute approximate surface area is 173 Å². The molecule has 3 rings (SSSR count). The quantitative estimate of drug-likeness (QED) is 0.524. The summed E-state index contributed by atoms with van der Waals surface area (Å²) in [6.45, 7) is -0.402. The van der Waals surface area contributed by atoms with Crippen LogP contribution in [0.2, 0.25) is 0 Å². The molecule has 10 heteroatoms. The van der Waals surface area contributed by atoms with E-state index in [0.29, 0.717) is 0 Å².